The summed E-state index contributed by atoms with van der Waals surface area (Å²) in [7, 11) is 2.04. The van der Waals surface area contributed by atoms with Crippen molar-refractivity contribution in [2.45, 2.75) is 11.6 Å². The van der Waals surface area contributed by atoms with Gasteiger partial charge in [-0.1, -0.05) is 30.0 Å². The molecule has 0 unspecified atom stereocenters. The van der Waals surface area contributed by atoms with Crippen LogP contribution in [-0.4, -0.2) is 41.8 Å². The van der Waals surface area contributed by atoms with E-state index in [1.165, 1.54) is 17.8 Å². The van der Waals surface area contributed by atoms with Gasteiger partial charge in [0, 0.05) is 31.9 Å². The average molecular weight is 346 g/mol. The largest absolute Gasteiger partial charge is 0.383 e. The summed E-state index contributed by atoms with van der Waals surface area (Å²) >= 11 is 1.21. The zero-order valence-corrected chi connectivity index (χ0v) is 14.4. The number of carbonyl (C=O) groups is 1. The van der Waals surface area contributed by atoms with Crippen LogP contribution in [0.1, 0.15) is 6.42 Å². The third-order valence-electron chi connectivity index (χ3n) is 3.27. The third-order valence-corrected chi connectivity index (χ3v) is 4.11. The molecule has 0 aliphatic heterocycles. The normalized spacial score (nSPS) is 10.4. The first-order valence-electron chi connectivity index (χ1n) is 7.60. The van der Waals surface area contributed by atoms with E-state index in [0.717, 1.165) is 18.7 Å². The van der Waals surface area contributed by atoms with Crippen molar-refractivity contribution >= 4 is 35.0 Å². The van der Waals surface area contributed by atoms with Crippen molar-refractivity contribution < 1.29 is 4.79 Å². The number of anilines is 3. The van der Waals surface area contributed by atoms with Crippen LogP contribution in [0.5, 0.6) is 0 Å². The molecule has 0 saturated heterocycles. The molecule has 24 heavy (non-hydrogen) atoms. The van der Waals surface area contributed by atoms with Crippen molar-refractivity contribution in [2.24, 2.45) is 0 Å². The van der Waals surface area contributed by atoms with Gasteiger partial charge in [-0.05, 0) is 18.6 Å². The van der Waals surface area contributed by atoms with Crippen molar-refractivity contribution in [3.05, 3.63) is 36.4 Å². The maximum Gasteiger partial charge on any atom is 0.230 e. The third kappa shape index (κ3) is 5.96. The van der Waals surface area contributed by atoms with E-state index in [4.69, 9.17) is 11.5 Å². The Bertz CT molecular complexity index is 647. The minimum absolute atomic E-state index is 0.0630. The number of carbonyl (C=O) groups excluding carboxylic acids is 1. The molecule has 2 aromatic rings. The first kappa shape index (κ1) is 17.9. The van der Waals surface area contributed by atoms with E-state index in [2.05, 4.69) is 32.3 Å². The minimum Gasteiger partial charge on any atom is -0.383 e. The molecule has 0 saturated carbocycles. The van der Waals surface area contributed by atoms with E-state index in [0.29, 0.717) is 23.3 Å². The molecule has 0 aliphatic rings. The molecule has 1 aromatic carbocycles. The lowest BCUT2D eigenvalue weighted by Crippen LogP contribution is -2.29. The van der Waals surface area contributed by atoms with Gasteiger partial charge in [0.15, 0.2) is 5.16 Å². The Hall–Kier alpha value is -2.48. The lowest BCUT2D eigenvalue weighted by molar-refractivity contribution is -0.118. The van der Waals surface area contributed by atoms with Crippen LogP contribution in [0.3, 0.4) is 0 Å². The van der Waals surface area contributed by atoms with Crippen LogP contribution in [-0.2, 0) is 4.79 Å². The Morgan fingerprint density at radius 1 is 1.21 bits per heavy atom. The highest BCUT2D eigenvalue weighted by Gasteiger charge is 2.06. The number of hydrogen-bond donors (Lipinski definition) is 3. The van der Waals surface area contributed by atoms with Gasteiger partial charge in [-0.3, -0.25) is 4.79 Å². The molecular formula is C16H22N6OS. The monoisotopic (exact) mass is 346 g/mol. The quantitative estimate of drug-likeness (QED) is 0.376. The molecule has 1 amide bonds. The Labute approximate surface area is 145 Å². The summed E-state index contributed by atoms with van der Waals surface area (Å²) in [4.78, 5) is 22.0. The summed E-state index contributed by atoms with van der Waals surface area (Å²) in [6, 6.07) is 11.6. The lowest BCUT2D eigenvalue weighted by Gasteiger charge is -2.19. The van der Waals surface area contributed by atoms with Crippen LogP contribution in [0.2, 0.25) is 0 Å². The van der Waals surface area contributed by atoms with E-state index in [-0.39, 0.29) is 11.7 Å². The van der Waals surface area contributed by atoms with E-state index >= 15 is 0 Å². The van der Waals surface area contributed by atoms with Crippen molar-refractivity contribution in [3.8, 4) is 0 Å². The van der Waals surface area contributed by atoms with Gasteiger partial charge < -0.3 is 21.7 Å². The predicted octanol–water partition coefficient (Wildman–Crippen LogP) is 1.38. The molecule has 2 rings (SSSR count). The summed E-state index contributed by atoms with van der Waals surface area (Å²) in [6.07, 6.45) is 0.865. The Morgan fingerprint density at radius 3 is 2.54 bits per heavy atom. The molecular weight excluding hydrogens is 324 g/mol. The molecule has 0 spiro atoms. The molecule has 0 radical (unpaired) electrons. The standard InChI is InChI=1S/C16H22N6OS/c1-22(12-6-3-2-4-7-12)9-5-8-19-15(23)11-24-16-20-13(17)10-14(18)21-16/h2-4,6-7,10H,5,8-9,11H2,1H3,(H,19,23)(H4,17,18,20,21). The first-order valence-corrected chi connectivity index (χ1v) is 8.59. The molecule has 8 heteroatoms. The molecule has 0 aliphatic carbocycles. The SMILES string of the molecule is CN(CCCNC(=O)CSc1nc(N)cc(N)n1)c1ccccc1. The molecule has 1 aromatic heterocycles. The fraction of sp³-hybridized carbons (Fsp3) is 0.312. The van der Waals surface area contributed by atoms with Crippen LogP contribution in [0, 0.1) is 0 Å². The van der Waals surface area contributed by atoms with Crippen LogP contribution >= 0.6 is 11.8 Å². The average Bonchev–Trinajstić information content (AvgIpc) is 2.56. The van der Waals surface area contributed by atoms with Crippen LogP contribution in [0.4, 0.5) is 17.3 Å². The topological polar surface area (TPSA) is 110 Å². The van der Waals surface area contributed by atoms with Crippen molar-refractivity contribution in [1.82, 2.24) is 15.3 Å². The molecule has 5 N–H and O–H groups in total. The van der Waals surface area contributed by atoms with Gasteiger partial charge in [0.1, 0.15) is 11.6 Å². The highest BCUT2D eigenvalue weighted by molar-refractivity contribution is 7.99. The minimum atomic E-state index is -0.0630. The van der Waals surface area contributed by atoms with Gasteiger partial charge >= 0.3 is 0 Å². The molecule has 0 atom stereocenters. The summed E-state index contributed by atoms with van der Waals surface area (Å²) < 4.78 is 0. The molecule has 0 bridgehead atoms. The number of nitrogen functional groups attached to an aromatic ring is 2. The number of nitrogens with zero attached hydrogens (tertiary/aromatic N) is 3. The van der Waals surface area contributed by atoms with Gasteiger partial charge in [0.25, 0.3) is 0 Å². The van der Waals surface area contributed by atoms with Crippen LogP contribution < -0.4 is 21.7 Å². The van der Waals surface area contributed by atoms with Gasteiger partial charge in [-0.2, -0.15) is 0 Å². The van der Waals surface area contributed by atoms with Crippen molar-refractivity contribution in [1.29, 1.82) is 0 Å². The number of para-hydroxylation sites is 1. The number of amides is 1. The zero-order valence-electron chi connectivity index (χ0n) is 13.6. The fourth-order valence-electron chi connectivity index (χ4n) is 2.06. The predicted molar refractivity (Wildman–Crippen MR) is 98.9 cm³/mol. The Morgan fingerprint density at radius 2 is 1.88 bits per heavy atom. The molecule has 1 heterocycles. The van der Waals surface area contributed by atoms with Crippen molar-refractivity contribution in [3.63, 3.8) is 0 Å². The number of thioether (sulfide) groups is 1. The summed E-state index contributed by atoms with van der Waals surface area (Å²) in [5, 5.41) is 3.29. The summed E-state index contributed by atoms with van der Waals surface area (Å²) in [6.45, 7) is 1.49. The van der Waals surface area contributed by atoms with E-state index < -0.39 is 0 Å². The second-order valence-electron chi connectivity index (χ2n) is 5.25. The second kappa shape index (κ2) is 8.97. The van der Waals surface area contributed by atoms with E-state index in [1.54, 1.807) is 0 Å². The molecule has 7 nitrogen and oxygen atoms in total. The zero-order chi connectivity index (χ0) is 17.4. The maximum atomic E-state index is 11.8. The van der Waals surface area contributed by atoms with Crippen molar-refractivity contribution in [2.75, 3.05) is 42.3 Å². The number of benzene rings is 1. The molecule has 0 fully saturated rings. The van der Waals surface area contributed by atoms with Gasteiger partial charge in [0.05, 0.1) is 5.75 Å². The smallest absolute Gasteiger partial charge is 0.230 e. The maximum absolute atomic E-state index is 11.8. The van der Waals surface area contributed by atoms with Gasteiger partial charge in [-0.15, -0.1) is 0 Å². The number of hydrogen-bond acceptors (Lipinski definition) is 7. The summed E-state index contributed by atoms with van der Waals surface area (Å²) in [5.41, 5.74) is 12.3. The first-order chi connectivity index (χ1) is 11.5. The Kier molecular flexibility index (Phi) is 6.68. The van der Waals surface area contributed by atoms with E-state index in [1.807, 2.05) is 25.2 Å². The number of rotatable bonds is 8. The van der Waals surface area contributed by atoms with Crippen LogP contribution in [0.25, 0.3) is 0 Å². The van der Waals surface area contributed by atoms with E-state index in [9.17, 15) is 4.79 Å². The lowest BCUT2D eigenvalue weighted by atomic mass is 10.3. The second-order valence-corrected chi connectivity index (χ2v) is 6.19. The number of nitrogens with one attached hydrogen (secondary N) is 1. The van der Waals surface area contributed by atoms with Crippen LogP contribution in [0.15, 0.2) is 41.6 Å². The number of aromatic nitrogens is 2. The van der Waals surface area contributed by atoms with Gasteiger partial charge in [0.2, 0.25) is 5.91 Å². The Balaban J connectivity index is 1.64. The van der Waals surface area contributed by atoms with Gasteiger partial charge in [-0.25, -0.2) is 9.97 Å². The summed E-state index contributed by atoms with van der Waals surface area (Å²) in [5.74, 6) is 0.771. The fourth-order valence-corrected chi connectivity index (χ4v) is 2.77. The highest BCUT2D eigenvalue weighted by Crippen LogP contribution is 2.15. The highest BCUT2D eigenvalue weighted by atomic mass is 32.2. The molecule has 128 valence electrons. The number of nitrogens with two attached hydrogens (primary N) is 2.